The summed E-state index contributed by atoms with van der Waals surface area (Å²) in [6, 6.07) is 8.28. The molecule has 1 amide bonds. The van der Waals surface area contributed by atoms with Crippen molar-refractivity contribution in [3.63, 3.8) is 0 Å². The smallest absolute Gasteiger partial charge is 0.410 e. The van der Waals surface area contributed by atoms with Gasteiger partial charge in [0, 0.05) is 17.1 Å². The normalized spacial score (nSPS) is 17.5. The first-order chi connectivity index (χ1) is 16.1. The lowest BCUT2D eigenvalue weighted by Gasteiger charge is -2.33. The van der Waals surface area contributed by atoms with E-state index in [9.17, 15) is 18.0 Å². The minimum absolute atomic E-state index is 0.101. The third kappa shape index (κ3) is 4.60. The molecule has 2 heterocycles. The molecule has 0 saturated heterocycles. The van der Waals surface area contributed by atoms with Crippen molar-refractivity contribution in [3.8, 4) is 11.5 Å². The molecule has 7 nitrogen and oxygen atoms in total. The largest absolute Gasteiger partial charge is 0.493 e. The number of benzene rings is 2. The molecule has 1 aromatic heterocycles. The zero-order valence-electron chi connectivity index (χ0n) is 17.9. The van der Waals surface area contributed by atoms with Gasteiger partial charge in [-0.1, -0.05) is 29.3 Å². The van der Waals surface area contributed by atoms with E-state index in [0.29, 0.717) is 27.8 Å². The molecular formula is C22H19Cl2F3N4O3. The molecule has 4 rings (SSSR count). The molecular weight excluding hydrogens is 496 g/mol. The molecule has 2 aromatic carbocycles. The van der Waals surface area contributed by atoms with E-state index in [1.807, 2.05) is 0 Å². The second kappa shape index (κ2) is 9.27. The Morgan fingerprint density at radius 1 is 1.12 bits per heavy atom. The minimum atomic E-state index is -4.63. The number of halogens is 5. The van der Waals surface area contributed by atoms with Crippen molar-refractivity contribution >= 4 is 40.6 Å². The number of carbonyl (C=O) groups is 1. The highest BCUT2D eigenvalue weighted by atomic mass is 35.5. The fourth-order valence-electron chi connectivity index (χ4n) is 3.75. The van der Waals surface area contributed by atoms with Crippen LogP contribution in [0.2, 0.25) is 10.0 Å². The number of ether oxygens (including phenoxy) is 2. The predicted molar refractivity (Wildman–Crippen MR) is 122 cm³/mol. The summed E-state index contributed by atoms with van der Waals surface area (Å²) in [5.41, 5.74) is 0.587. The molecule has 0 unspecified atom stereocenters. The Balaban J connectivity index is 1.70. The van der Waals surface area contributed by atoms with Gasteiger partial charge in [0.25, 0.3) is 5.91 Å². The topological polar surface area (TPSA) is 77.4 Å². The van der Waals surface area contributed by atoms with Crippen LogP contribution >= 0.6 is 23.2 Å². The first-order valence-corrected chi connectivity index (χ1v) is 10.8. The third-order valence-corrected chi connectivity index (χ3v) is 6.03. The van der Waals surface area contributed by atoms with Crippen LogP contribution in [0.15, 0.2) is 42.5 Å². The summed E-state index contributed by atoms with van der Waals surface area (Å²) < 4.78 is 53.2. The van der Waals surface area contributed by atoms with Crippen LogP contribution in [0.25, 0.3) is 0 Å². The van der Waals surface area contributed by atoms with E-state index in [1.54, 1.807) is 42.5 Å². The molecule has 0 aliphatic carbocycles. The summed E-state index contributed by atoms with van der Waals surface area (Å²) in [6.45, 7) is 0. The molecule has 0 saturated carbocycles. The first-order valence-electron chi connectivity index (χ1n) is 10.0. The van der Waals surface area contributed by atoms with Crippen LogP contribution in [0, 0.1) is 0 Å². The van der Waals surface area contributed by atoms with Crippen molar-refractivity contribution in [1.82, 2.24) is 9.78 Å². The average molecular weight is 515 g/mol. The Labute approximate surface area is 202 Å². The number of aromatic nitrogens is 2. The van der Waals surface area contributed by atoms with Gasteiger partial charge in [-0.2, -0.15) is 18.3 Å². The van der Waals surface area contributed by atoms with Gasteiger partial charge in [-0.25, -0.2) is 4.68 Å². The monoisotopic (exact) mass is 514 g/mol. The quantitative estimate of drug-likeness (QED) is 0.428. The number of methoxy groups -OCH3 is 2. The van der Waals surface area contributed by atoms with E-state index in [1.165, 1.54) is 14.2 Å². The van der Waals surface area contributed by atoms with E-state index in [0.717, 1.165) is 4.68 Å². The second-order valence-electron chi connectivity index (χ2n) is 7.52. The Morgan fingerprint density at radius 3 is 2.41 bits per heavy atom. The Bertz CT molecular complexity index is 1220. The number of carbonyl (C=O) groups excluding carboxylic acids is 1. The van der Waals surface area contributed by atoms with Crippen molar-refractivity contribution in [2.45, 2.75) is 24.7 Å². The van der Waals surface area contributed by atoms with Crippen molar-refractivity contribution in [3.05, 3.63) is 63.8 Å². The summed E-state index contributed by atoms with van der Waals surface area (Å²) in [5, 5.41) is 9.72. The maximum absolute atomic E-state index is 14.0. The molecule has 2 N–H and O–H groups in total. The lowest BCUT2D eigenvalue weighted by atomic mass is 9.96. The minimum Gasteiger partial charge on any atom is -0.493 e. The van der Waals surface area contributed by atoms with Gasteiger partial charge < -0.3 is 20.1 Å². The highest BCUT2D eigenvalue weighted by molar-refractivity contribution is 6.36. The van der Waals surface area contributed by atoms with Crippen molar-refractivity contribution in [2.75, 3.05) is 24.9 Å². The molecule has 34 heavy (non-hydrogen) atoms. The van der Waals surface area contributed by atoms with Gasteiger partial charge in [-0.05, 0) is 42.0 Å². The summed E-state index contributed by atoms with van der Waals surface area (Å²) in [4.78, 5) is 12.8. The van der Waals surface area contributed by atoms with E-state index in [2.05, 4.69) is 15.7 Å². The molecule has 180 valence electrons. The average Bonchev–Trinajstić information content (AvgIpc) is 3.15. The molecule has 1 aliphatic rings. The van der Waals surface area contributed by atoms with Crippen LogP contribution in [0.5, 0.6) is 11.5 Å². The predicted octanol–water partition coefficient (Wildman–Crippen LogP) is 6.12. The Kier molecular flexibility index (Phi) is 6.55. The standard InChI is InChI=1S/C22H19Cl2F3N4O3/c1-33-15-8-3-11(9-16(15)34-2)14-10-17(22(25,26)27)31-20(29-14)18(24)19(30-31)21(32)28-13-6-4-12(23)5-7-13/h3-9,14,17,29H,10H2,1-2H3,(H,28,32)/t14-,17+/m0/s1. The molecule has 1 aliphatic heterocycles. The summed E-state index contributed by atoms with van der Waals surface area (Å²) in [5.74, 6) is -0.0341. The van der Waals surface area contributed by atoms with E-state index < -0.39 is 24.2 Å². The zero-order chi connectivity index (χ0) is 24.6. The molecule has 0 bridgehead atoms. The summed E-state index contributed by atoms with van der Waals surface area (Å²) in [6.07, 6.45) is -5.01. The number of nitrogens with zero attached hydrogens (tertiary/aromatic N) is 2. The lowest BCUT2D eigenvalue weighted by molar-refractivity contribution is -0.173. The number of nitrogens with one attached hydrogen (secondary N) is 2. The van der Waals surface area contributed by atoms with E-state index >= 15 is 0 Å². The highest BCUT2D eigenvalue weighted by Crippen LogP contribution is 2.47. The van der Waals surface area contributed by atoms with E-state index in [4.69, 9.17) is 32.7 Å². The van der Waals surface area contributed by atoms with Crippen molar-refractivity contribution in [2.24, 2.45) is 0 Å². The second-order valence-corrected chi connectivity index (χ2v) is 8.34. The molecule has 12 heteroatoms. The van der Waals surface area contributed by atoms with Crippen molar-refractivity contribution < 1.29 is 27.4 Å². The fraction of sp³-hybridized carbons (Fsp3) is 0.273. The van der Waals surface area contributed by atoms with Gasteiger partial charge >= 0.3 is 6.18 Å². The summed E-state index contributed by atoms with van der Waals surface area (Å²) >= 11 is 12.2. The lowest BCUT2D eigenvalue weighted by Crippen LogP contribution is -2.35. The van der Waals surface area contributed by atoms with Crippen molar-refractivity contribution in [1.29, 1.82) is 0 Å². The van der Waals surface area contributed by atoms with E-state index in [-0.39, 0.29) is 23.0 Å². The summed E-state index contributed by atoms with van der Waals surface area (Å²) in [7, 11) is 2.90. The van der Waals surface area contributed by atoms with Crippen LogP contribution in [-0.4, -0.2) is 36.1 Å². The molecule has 0 radical (unpaired) electrons. The van der Waals surface area contributed by atoms with Gasteiger partial charge in [-0.15, -0.1) is 0 Å². The molecule has 0 spiro atoms. The molecule has 3 aromatic rings. The van der Waals surface area contributed by atoms with Gasteiger partial charge in [0.15, 0.2) is 23.2 Å². The maximum atomic E-state index is 14.0. The van der Waals surface area contributed by atoms with Crippen LogP contribution in [-0.2, 0) is 0 Å². The Hall–Kier alpha value is -3.11. The SMILES string of the molecule is COc1ccc([C@@H]2C[C@H](C(F)(F)F)n3nc(C(=O)Nc4ccc(Cl)cc4)c(Cl)c3N2)cc1OC. The fourth-order valence-corrected chi connectivity index (χ4v) is 4.14. The third-order valence-electron chi connectivity index (χ3n) is 5.42. The zero-order valence-corrected chi connectivity index (χ0v) is 19.4. The van der Waals surface area contributed by atoms with Crippen LogP contribution in [0.1, 0.15) is 34.6 Å². The number of fused-ring (bicyclic) bond motifs is 1. The number of hydrogen-bond donors (Lipinski definition) is 2. The van der Waals surface area contributed by atoms with Crippen LogP contribution < -0.4 is 20.1 Å². The van der Waals surface area contributed by atoms with Gasteiger partial charge in [0.1, 0.15) is 10.8 Å². The van der Waals surface area contributed by atoms with Gasteiger partial charge in [-0.3, -0.25) is 4.79 Å². The van der Waals surface area contributed by atoms with Gasteiger partial charge in [0.2, 0.25) is 0 Å². The van der Waals surface area contributed by atoms with Crippen LogP contribution in [0.3, 0.4) is 0 Å². The number of anilines is 2. The number of alkyl halides is 3. The number of rotatable bonds is 5. The van der Waals surface area contributed by atoms with Crippen LogP contribution in [0.4, 0.5) is 24.7 Å². The first kappa shape index (κ1) is 24.0. The van der Waals surface area contributed by atoms with Gasteiger partial charge in [0.05, 0.1) is 20.3 Å². The number of hydrogen-bond acceptors (Lipinski definition) is 5. The maximum Gasteiger partial charge on any atom is 0.410 e. The Morgan fingerprint density at radius 2 is 1.79 bits per heavy atom. The molecule has 2 atom stereocenters. The molecule has 0 fully saturated rings. The highest BCUT2D eigenvalue weighted by Gasteiger charge is 2.48. The number of amides is 1.